The van der Waals surface area contributed by atoms with E-state index in [4.69, 9.17) is 4.74 Å². The van der Waals surface area contributed by atoms with E-state index in [0.717, 1.165) is 18.6 Å². The third-order valence-corrected chi connectivity index (χ3v) is 5.00. The van der Waals surface area contributed by atoms with E-state index in [9.17, 15) is 0 Å². The standard InChI is InChI=1S/C17H34N2O/c1-5-15(4)19-8-6-18(7-9-19)12-16-10-17(11-16)20-13-14(2)3/h14-17H,5-13H2,1-4H3. The van der Waals surface area contributed by atoms with Crippen molar-refractivity contribution in [3.05, 3.63) is 0 Å². The molecule has 0 N–H and O–H groups in total. The molecule has 0 aromatic rings. The Morgan fingerprint density at radius 2 is 1.70 bits per heavy atom. The summed E-state index contributed by atoms with van der Waals surface area (Å²) in [5.74, 6) is 1.56. The largest absolute Gasteiger partial charge is 0.378 e. The molecule has 2 aliphatic rings. The summed E-state index contributed by atoms with van der Waals surface area (Å²) in [5.41, 5.74) is 0. The summed E-state index contributed by atoms with van der Waals surface area (Å²) >= 11 is 0. The molecule has 1 aliphatic heterocycles. The molecule has 1 atom stereocenters. The number of ether oxygens (including phenoxy) is 1. The molecular formula is C17H34N2O. The van der Waals surface area contributed by atoms with Crippen molar-refractivity contribution < 1.29 is 4.74 Å². The highest BCUT2D eigenvalue weighted by atomic mass is 16.5. The van der Waals surface area contributed by atoms with E-state index in [1.807, 2.05) is 0 Å². The fourth-order valence-electron chi connectivity index (χ4n) is 3.30. The Balaban J connectivity index is 1.56. The molecule has 0 aromatic heterocycles. The summed E-state index contributed by atoms with van der Waals surface area (Å²) in [6, 6.07) is 0.759. The first-order valence-corrected chi connectivity index (χ1v) is 8.66. The van der Waals surface area contributed by atoms with Gasteiger partial charge in [0, 0.05) is 45.4 Å². The Labute approximate surface area is 125 Å². The SMILES string of the molecule is CCC(C)N1CCN(CC2CC(OCC(C)C)C2)CC1. The van der Waals surface area contributed by atoms with Crippen LogP contribution in [-0.4, -0.2) is 61.3 Å². The van der Waals surface area contributed by atoms with Crippen LogP contribution >= 0.6 is 0 Å². The molecule has 118 valence electrons. The van der Waals surface area contributed by atoms with Gasteiger partial charge in [0.25, 0.3) is 0 Å². The minimum atomic E-state index is 0.559. The number of piperazine rings is 1. The summed E-state index contributed by atoms with van der Waals surface area (Å²) in [7, 11) is 0. The molecule has 0 radical (unpaired) electrons. The van der Waals surface area contributed by atoms with Crippen LogP contribution in [0, 0.1) is 11.8 Å². The van der Waals surface area contributed by atoms with Gasteiger partial charge >= 0.3 is 0 Å². The summed E-state index contributed by atoms with van der Waals surface area (Å²) in [4.78, 5) is 5.31. The maximum atomic E-state index is 5.90. The molecule has 0 amide bonds. The molecule has 2 rings (SSSR count). The molecule has 1 saturated heterocycles. The van der Waals surface area contributed by atoms with Crippen molar-refractivity contribution in [2.75, 3.05) is 39.3 Å². The smallest absolute Gasteiger partial charge is 0.0581 e. The van der Waals surface area contributed by atoms with Crippen LogP contribution in [0.2, 0.25) is 0 Å². The highest BCUT2D eigenvalue weighted by Crippen LogP contribution is 2.31. The lowest BCUT2D eigenvalue weighted by Crippen LogP contribution is -2.51. The van der Waals surface area contributed by atoms with Gasteiger partial charge in [-0.3, -0.25) is 4.90 Å². The first-order chi connectivity index (χ1) is 9.58. The van der Waals surface area contributed by atoms with E-state index in [-0.39, 0.29) is 0 Å². The summed E-state index contributed by atoms with van der Waals surface area (Å²) in [6.07, 6.45) is 4.41. The van der Waals surface area contributed by atoms with Crippen molar-refractivity contribution >= 4 is 0 Å². The van der Waals surface area contributed by atoms with Crippen molar-refractivity contribution in [1.29, 1.82) is 0 Å². The zero-order valence-corrected chi connectivity index (χ0v) is 14.0. The number of nitrogens with zero attached hydrogens (tertiary/aromatic N) is 2. The monoisotopic (exact) mass is 282 g/mol. The number of hydrogen-bond acceptors (Lipinski definition) is 3. The fraction of sp³-hybridized carbons (Fsp3) is 1.00. The molecule has 1 unspecified atom stereocenters. The molecule has 0 spiro atoms. The predicted molar refractivity (Wildman–Crippen MR) is 85.1 cm³/mol. The quantitative estimate of drug-likeness (QED) is 0.714. The van der Waals surface area contributed by atoms with E-state index < -0.39 is 0 Å². The Bertz CT molecular complexity index is 268. The second-order valence-electron chi connectivity index (χ2n) is 7.28. The Morgan fingerprint density at radius 1 is 1.05 bits per heavy atom. The Morgan fingerprint density at radius 3 is 2.25 bits per heavy atom. The third-order valence-electron chi connectivity index (χ3n) is 5.00. The molecule has 2 fully saturated rings. The normalized spacial score (nSPS) is 30.4. The minimum absolute atomic E-state index is 0.559. The predicted octanol–water partition coefficient (Wildman–Crippen LogP) is 2.85. The van der Waals surface area contributed by atoms with Crippen molar-refractivity contribution in [2.24, 2.45) is 11.8 Å². The molecule has 20 heavy (non-hydrogen) atoms. The van der Waals surface area contributed by atoms with Crippen LogP contribution in [0.5, 0.6) is 0 Å². The number of hydrogen-bond donors (Lipinski definition) is 0. The van der Waals surface area contributed by atoms with Crippen LogP contribution in [0.4, 0.5) is 0 Å². The van der Waals surface area contributed by atoms with Crippen LogP contribution in [-0.2, 0) is 4.74 Å². The van der Waals surface area contributed by atoms with E-state index in [0.29, 0.717) is 12.0 Å². The lowest BCUT2D eigenvalue weighted by atomic mass is 9.81. The van der Waals surface area contributed by atoms with E-state index in [1.54, 1.807) is 0 Å². The van der Waals surface area contributed by atoms with Crippen LogP contribution in [0.15, 0.2) is 0 Å². The first kappa shape index (κ1) is 16.3. The lowest BCUT2D eigenvalue weighted by Gasteiger charge is -2.42. The van der Waals surface area contributed by atoms with Crippen LogP contribution < -0.4 is 0 Å². The summed E-state index contributed by atoms with van der Waals surface area (Å²) < 4.78 is 5.90. The van der Waals surface area contributed by atoms with Gasteiger partial charge in [-0.25, -0.2) is 0 Å². The highest BCUT2D eigenvalue weighted by Gasteiger charge is 2.32. The molecule has 3 nitrogen and oxygen atoms in total. The minimum Gasteiger partial charge on any atom is -0.378 e. The van der Waals surface area contributed by atoms with Crippen LogP contribution in [0.1, 0.15) is 47.0 Å². The van der Waals surface area contributed by atoms with Gasteiger partial charge in [0.2, 0.25) is 0 Å². The van der Waals surface area contributed by atoms with Crippen LogP contribution in [0.25, 0.3) is 0 Å². The first-order valence-electron chi connectivity index (χ1n) is 8.66. The van der Waals surface area contributed by atoms with Gasteiger partial charge in [0.15, 0.2) is 0 Å². The zero-order chi connectivity index (χ0) is 14.5. The third kappa shape index (κ3) is 4.71. The highest BCUT2D eigenvalue weighted by molar-refractivity contribution is 4.85. The van der Waals surface area contributed by atoms with Crippen molar-refractivity contribution in [3.8, 4) is 0 Å². The van der Waals surface area contributed by atoms with E-state index >= 15 is 0 Å². The van der Waals surface area contributed by atoms with Crippen molar-refractivity contribution in [1.82, 2.24) is 9.80 Å². The molecule has 1 aliphatic carbocycles. The van der Waals surface area contributed by atoms with Gasteiger partial charge in [0.05, 0.1) is 6.10 Å². The molecule has 3 heteroatoms. The Kier molecular flexibility index (Phi) is 6.31. The average Bonchev–Trinajstić information content (AvgIpc) is 2.40. The van der Waals surface area contributed by atoms with Gasteiger partial charge in [-0.2, -0.15) is 0 Å². The fourth-order valence-corrected chi connectivity index (χ4v) is 3.30. The molecule has 1 saturated carbocycles. The van der Waals surface area contributed by atoms with Crippen molar-refractivity contribution in [2.45, 2.75) is 59.1 Å². The maximum Gasteiger partial charge on any atom is 0.0581 e. The maximum absolute atomic E-state index is 5.90. The second-order valence-corrected chi connectivity index (χ2v) is 7.28. The summed E-state index contributed by atoms with van der Waals surface area (Å²) in [6.45, 7) is 16.4. The van der Waals surface area contributed by atoms with Gasteiger partial charge < -0.3 is 9.64 Å². The van der Waals surface area contributed by atoms with Gasteiger partial charge in [-0.15, -0.1) is 0 Å². The van der Waals surface area contributed by atoms with Crippen LogP contribution in [0.3, 0.4) is 0 Å². The topological polar surface area (TPSA) is 15.7 Å². The lowest BCUT2D eigenvalue weighted by molar-refractivity contribution is -0.0516. The van der Waals surface area contributed by atoms with Crippen molar-refractivity contribution in [3.63, 3.8) is 0 Å². The summed E-state index contributed by atoms with van der Waals surface area (Å²) in [5, 5.41) is 0. The van der Waals surface area contributed by atoms with E-state index in [2.05, 4.69) is 37.5 Å². The van der Waals surface area contributed by atoms with E-state index in [1.165, 1.54) is 52.0 Å². The molecular weight excluding hydrogens is 248 g/mol. The van der Waals surface area contributed by atoms with Gasteiger partial charge in [-0.1, -0.05) is 20.8 Å². The van der Waals surface area contributed by atoms with Gasteiger partial charge in [0.1, 0.15) is 0 Å². The molecule has 0 bridgehead atoms. The second kappa shape index (κ2) is 7.77. The van der Waals surface area contributed by atoms with Gasteiger partial charge in [-0.05, 0) is 38.0 Å². The Hall–Kier alpha value is -0.120. The average molecular weight is 282 g/mol. The number of rotatable bonds is 7. The molecule has 1 heterocycles. The molecule has 0 aromatic carbocycles. The zero-order valence-electron chi connectivity index (χ0n) is 14.0.